The number of hydrogen-bond donors (Lipinski definition) is 3. The molecular formula is C8H15N3OS. The molecule has 13 heavy (non-hydrogen) atoms. The van der Waals surface area contributed by atoms with Crippen molar-refractivity contribution in [1.29, 1.82) is 0 Å². The van der Waals surface area contributed by atoms with Crippen molar-refractivity contribution in [3.05, 3.63) is 16.1 Å². The van der Waals surface area contributed by atoms with E-state index in [4.69, 9.17) is 16.6 Å². The van der Waals surface area contributed by atoms with E-state index in [1.807, 2.05) is 13.8 Å². The van der Waals surface area contributed by atoms with Crippen LogP contribution in [0.1, 0.15) is 30.6 Å². The van der Waals surface area contributed by atoms with Gasteiger partial charge < -0.3 is 16.6 Å². The molecule has 0 aliphatic heterocycles. The molecule has 0 aliphatic carbocycles. The van der Waals surface area contributed by atoms with Crippen LogP contribution in [0, 0.1) is 0 Å². The summed E-state index contributed by atoms with van der Waals surface area (Å²) in [7, 11) is 0. The summed E-state index contributed by atoms with van der Waals surface area (Å²) in [6.07, 6.45) is 0. The highest BCUT2D eigenvalue weighted by molar-refractivity contribution is 7.09. The number of aliphatic hydroxyl groups excluding tert-OH is 1. The molecule has 1 heterocycles. The van der Waals surface area contributed by atoms with E-state index < -0.39 is 5.54 Å². The summed E-state index contributed by atoms with van der Waals surface area (Å²) in [6.45, 7) is 3.67. The smallest absolute Gasteiger partial charge is 0.112 e. The van der Waals surface area contributed by atoms with E-state index in [9.17, 15) is 0 Å². The molecule has 0 saturated heterocycles. The number of aliphatic hydroxyl groups is 1. The monoisotopic (exact) mass is 201 g/mol. The lowest BCUT2D eigenvalue weighted by Crippen LogP contribution is -2.43. The normalized spacial score (nSPS) is 14.5. The summed E-state index contributed by atoms with van der Waals surface area (Å²) in [5.74, 6) is 0. The van der Waals surface area contributed by atoms with Crippen LogP contribution in [0.2, 0.25) is 0 Å². The van der Waals surface area contributed by atoms with Crippen LogP contribution in [-0.2, 0) is 6.61 Å². The third-order valence-corrected chi connectivity index (χ3v) is 2.78. The SMILES string of the molecule is CC(C)(N)[C@@H](N)c1nc(CO)cs1. The first-order chi connectivity index (χ1) is 5.95. The highest BCUT2D eigenvalue weighted by atomic mass is 32.1. The van der Waals surface area contributed by atoms with Gasteiger partial charge in [-0.3, -0.25) is 0 Å². The number of thiazole rings is 1. The fourth-order valence-electron chi connectivity index (χ4n) is 0.856. The van der Waals surface area contributed by atoms with Gasteiger partial charge in [-0.15, -0.1) is 11.3 Å². The van der Waals surface area contributed by atoms with Gasteiger partial charge in [0.05, 0.1) is 18.3 Å². The lowest BCUT2D eigenvalue weighted by Gasteiger charge is -2.24. The van der Waals surface area contributed by atoms with E-state index in [-0.39, 0.29) is 12.6 Å². The first-order valence-electron chi connectivity index (χ1n) is 4.04. The predicted molar refractivity (Wildman–Crippen MR) is 53.2 cm³/mol. The van der Waals surface area contributed by atoms with Gasteiger partial charge in [0, 0.05) is 10.9 Å². The molecule has 1 aromatic rings. The Morgan fingerprint density at radius 3 is 2.69 bits per heavy atom. The second kappa shape index (κ2) is 3.71. The van der Waals surface area contributed by atoms with Crippen molar-refractivity contribution in [3.63, 3.8) is 0 Å². The van der Waals surface area contributed by atoms with Crippen LogP contribution in [0.25, 0.3) is 0 Å². The zero-order valence-electron chi connectivity index (χ0n) is 7.82. The Morgan fingerprint density at radius 2 is 2.31 bits per heavy atom. The summed E-state index contributed by atoms with van der Waals surface area (Å²) in [6, 6.07) is -0.280. The third kappa shape index (κ3) is 2.47. The van der Waals surface area contributed by atoms with Crippen LogP contribution in [0.4, 0.5) is 0 Å². The molecule has 0 aliphatic rings. The fraction of sp³-hybridized carbons (Fsp3) is 0.625. The van der Waals surface area contributed by atoms with Crippen molar-refractivity contribution in [2.45, 2.75) is 32.0 Å². The number of hydrogen-bond acceptors (Lipinski definition) is 5. The average Bonchev–Trinajstić information content (AvgIpc) is 2.48. The number of nitrogens with two attached hydrogens (primary N) is 2. The highest BCUT2D eigenvalue weighted by Crippen LogP contribution is 2.23. The molecule has 0 radical (unpaired) electrons. The molecular weight excluding hydrogens is 186 g/mol. The molecule has 5 heteroatoms. The predicted octanol–water partition coefficient (Wildman–Crippen LogP) is 0.373. The van der Waals surface area contributed by atoms with Gasteiger partial charge in [0.2, 0.25) is 0 Å². The lowest BCUT2D eigenvalue weighted by atomic mass is 9.98. The average molecular weight is 201 g/mol. The molecule has 74 valence electrons. The van der Waals surface area contributed by atoms with E-state index in [0.717, 1.165) is 5.01 Å². The maximum absolute atomic E-state index is 8.81. The Bertz CT molecular complexity index is 279. The molecule has 4 nitrogen and oxygen atoms in total. The van der Waals surface area contributed by atoms with Crippen LogP contribution in [0.15, 0.2) is 5.38 Å². The molecule has 5 N–H and O–H groups in total. The maximum atomic E-state index is 8.81. The Hall–Kier alpha value is -0.490. The largest absolute Gasteiger partial charge is 0.390 e. The molecule has 0 aromatic carbocycles. The van der Waals surface area contributed by atoms with Crippen molar-refractivity contribution in [2.24, 2.45) is 11.5 Å². The molecule has 1 rings (SSSR count). The van der Waals surface area contributed by atoms with E-state index >= 15 is 0 Å². The van der Waals surface area contributed by atoms with Gasteiger partial charge in [0.1, 0.15) is 5.01 Å². The minimum atomic E-state index is -0.482. The van der Waals surface area contributed by atoms with Gasteiger partial charge in [-0.25, -0.2) is 4.98 Å². The van der Waals surface area contributed by atoms with E-state index in [0.29, 0.717) is 5.69 Å². The van der Waals surface area contributed by atoms with Crippen LogP contribution in [-0.4, -0.2) is 15.6 Å². The summed E-state index contributed by atoms with van der Waals surface area (Å²) >= 11 is 1.43. The molecule has 0 saturated carbocycles. The second-order valence-corrected chi connectivity index (χ2v) is 4.52. The van der Waals surface area contributed by atoms with Crippen LogP contribution in [0.5, 0.6) is 0 Å². The van der Waals surface area contributed by atoms with Gasteiger partial charge in [-0.05, 0) is 13.8 Å². The Labute approximate surface area is 81.6 Å². The minimum Gasteiger partial charge on any atom is -0.390 e. The van der Waals surface area contributed by atoms with Crippen molar-refractivity contribution >= 4 is 11.3 Å². The Morgan fingerprint density at radius 1 is 1.69 bits per heavy atom. The van der Waals surface area contributed by atoms with Crippen LogP contribution < -0.4 is 11.5 Å². The standard InChI is InChI=1S/C8H15N3OS/c1-8(2,10)6(9)7-11-5(3-12)4-13-7/h4,6,12H,3,9-10H2,1-2H3/t6-/m0/s1. The van der Waals surface area contributed by atoms with Crippen molar-refractivity contribution in [2.75, 3.05) is 0 Å². The molecule has 1 atom stereocenters. The molecule has 0 amide bonds. The summed E-state index contributed by atoms with van der Waals surface area (Å²) in [4.78, 5) is 4.16. The summed E-state index contributed by atoms with van der Waals surface area (Å²) in [5, 5.41) is 11.4. The zero-order valence-corrected chi connectivity index (χ0v) is 8.64. The van der Waals surface area contributed by atoms with Gasteiger partial charge in [-0.1, -0.05) is 0 Å². The first kappa shape index (κ1) is 10.6. The first-order valence-corrected chi connectivity index (χ1v) is 4.92. The molecule has 0 fully saturated rings. The number of nitrogens with zero attached hydrogens (tertiary/aromatic N) is 1. The Kier molecular flexibility index (Phi) is 3.02. The maximum Gasteiger partial charge on any atom is 0.112 e. The highest BCUT2D eigenvalue weighted by Gasteiger charge is 2.25. The van der Waals surface area contributed by atoms with E-state index in [2.05, 4.69) is 4.98 Å². The van der Waals surface area contributed by atoms with E-state index in [1.165, 1.54) is 11.3 Å². The van der Waals surface area contributed by atoms with Crippen molar-refractivity contribution in [3.8, 4) is 0 Å². The van der Waals surface area contributed by atoms with Crippen LogP contribution in [0.3, 0.4) is 0 Å². The molecule has 0 bridgehead atoms. The number of rotatable bonds is 3. The van der Waals surface area contributed by atoms with Crippen molar-refractivity contribution < 1.29 is 5.11 Å². The summed E-state index contributed by atoms with van der Waals surface area (Å²) < 4.78 is 0. The quantitative estimate of drug-likeness (QED) is 0.659. The topological polar surface area (TPSA) is 85.2 Å². The third-order valence-electron chi connectivity index (χ3n) is 1.80. The summed E-state index contributed by atoms with van der Waals surface area (Å²) in [5.41, 5.74) is 11.9. The minimum absolute atomic E-state index is 0.0474. The van der Waals surface area contributed by atoms with Crippen LogP contribution >= 0.6 is 11.3 Å². The second-order valence-electron chi connectivity index (χ2n) is 3.63. The van der Waals surface area contributed by atoms with E-state index in [1.54, 1.807) is 5.38 Å². The van der Waals surface area contributed by atoms with Gasteiger partial charge in [0.25, 0.3) is 0 Å². The van der Waals surface area contributed by atoms with Gasteiger partial charge in [0.15, 0.2) is 0 Å². The lowest BCUT2D eigenvalue weighted by molar-refractivity contribution is 0.277. The molecule has 1 aromatic heterocycles. The van der Waals surface area contributed by atoms with Gasteiger partial charge in [-0.2, -0.15) is 0 Å². The fourth-order valence-corrected chi connectivity index (χ4v) is 1.86. The van der Waals surface area contributed by atoms with Crippen molar-refractivity contribution in [1.82, 2.24) is 4.98 Å². The number of aromatic nitrogens is 1. The zero-order chi connectivity index (χ0) is 10.1. The van der Waals surface area contributed by atoms with Gasteiger partial charge >= 0.3 is 0 Å². The molecule has 0 unspecified atom stereocenters. The Balaban J connectivity index is 2.83. The molecule has 0 spiro atoms.